The van der Waals surface area contributed by atoms with Gasteiger partial charge in [-0.15, -0.1) is 0 Å². The minimum absolute atomic E-state index is 0.0411. The minimum atomic E-state index is -3.60. The fraction of sp³-hybridized carbons (Fsp3) is 0.269. The third-order valence-corrected chi connectivity index (χ3v) is 8.51. The number of hydrogen-bond donors (Lipinski definition) is 1. The van der Waals surface area contributed by atoms with E-state index in [1.807, 2.05) is 61.5 Å². The van der Waals surface area contributed by atoms with Crippen molar-refractivity contribution >= 4 is 26.7 Å². The zero-order chi connectivity index (χ0) is 24.4. The van der Waals surface area contributed by atoms with E-state index in [0.29, 0.717) is 30.8 Å². The lowest BCUT2D eigenvalue weighted by molar-refractivity contribution is -0.126. The van der Waals surface area contributed by atoms with Gasteiger partial charge in [0, 0.05) is 19.0 Å². The number of carbonyl (C=O) groups excluding carboxylic acids is 1. The Balaban J connectivity index is 1.19. The van der Waals surface area contributed by atoms with Crippen molar-refractivity contribution in [2.75, 3.05) is 13.1 Å². The molecule has 1 amide bonds. The van der Waals surface area contributed by atoms with Gasteiger partial charge in [0.1, 0.15) is 12.7 Å². The summed E-state index contributed by atoms with van der Waals surface area (Å²) in [7, 11) is -3.60. The second-order valence-electron chi connectivity index (χ2n) is 8.85. The highest BCUT2D eigenvalue weighted by atomic mass is 32.2. The zero-order valence-electron chi connectivity index (χ0n) is 19.4. The first-order chi connectivity index (χ1) is 16.9. The Morgan fingerprint density at radius 3 is 2.40 bits per heavy atom. The molecule has 1 N–H and O–H groups in total. The van der Waals surface area contributed by atoms with Crippen LogP contribution in [0.1, 0.15) is 31.4 Å². The van der Waals surface area contributed by atoms with Gasteiger partial charge in [0.2, 0.25) is 15.9 Å². The average Bonchev–Trinajstić information content (AvgIpc) is 3.43. The Kier molecular flexibility index (Phi) is 6.36. The summed E-state index contributed by atoms with van der Waals surface area (Å²) in [6.07, 6.45) is 4.11. The number of fused-ring (bicyclic) bond motifs is 1. The molecule has 3 aromatic carbocycles. The second kappa shape index (κ2) is 9.59. The number of carbonyl (C=O) groups is 1. The molecule has 1 aliphatic rings. The van der Waals surface area contributed by atoms with Crippen molar-refractivity contribution in [3.63, 3.8) is 0 Å². The molecule has 35 heavy (non-hydrogen) atoms. The van der Waals surface area contributed by atoms with Crippen LogP contribution in [-0.2, 0) is 14.8 Å². The van der Waals surface area contributed by atoms with Crippen LogP contribution in [0.25, 0.3) is 16.5 Å². The van der Waals surface area contributed by atoms with Crippen molar-refractivity contribution in [2.45, 2.75) is 30.7 Å². The molecule has 0 saturated carbocycles. The summed E-state index contributed by atoms with van der Waals surface area (Å²) in [6.45, 7) is 2.60. The molecule has 1 fully saturated rings. The average molecular weight is 490 g/mol. The standard InChI is InChI=1S/C26H27N5O3S/c1-19(20-6-9-24(10-7-20)31-18-27-17-28-31)29-26(32)22-12-14-30(15-13-22)35(33,34)25-11-8-21-4-2-3-5-23(21)16-25/h2-11,16-19,22H,12-15H2,1H3,(H,29,32)/t19-/m1/s1. The molecule has 0 bridgehead atoms. The Hall–Kier alpha value is -3.56. The van der Waals surface area contributed by atoms with Crippen molar-refractivity contribution in [1.29, 1.82) is 0 Å². The van der Waals surface area contributed by atoms with Crippen LogP contribution in [-0.4, -0.2) is 46.5 Å². The number of nitrogens with one attached hydrogen (secondary N) is 1. The van der Waals surface area contributed by atoms with Crippen molar-refractivity contribution in [2.24, 2.45) is 5.92 Å². The van der Waals surface area contributed by atoms with Gasteiger partial charge >= 0.3 is 0 Å². The number of nitrogens with zero attached hydrogens (tertiary/aromatic N) is 4. The van der Waals surface area contributed by atoms with E-state index in [-0.39, 0.29) is 17.9 Å². The van der Waals surface area contributed by atoms with Crippen LogP contribution in [0.3, 0.4) is 0 Å². The van der Waals surface area contributed by atoms with Crippen LogP contribution in [0.5, 0.6) is 0 Å². The summed E-state index contributed by atoms with van der Waals surface area (Å²) in [4.78, 5) is 17.2. The fourth-order valence-corrected chi connectivity index (χ4v) is 6.01. The molecule has 0 aliphatic carbocycles. The smallest absolute Gasteiger partial charge is 0.243 e. The van der Waals surface area contributed by atoms with Gasteiger partial charge in [0.15, 0.2) is 0 Å². The lowest BCUT2D eigenvalue weighted by Gasteiger charge is -2.31. The Morgan fingerprint density at radius 1 is 1.00 bits per heavy atom. The van der Waals surface area contributed by atoms with Crippen molar-refractivity contribution in [1.82, 2.24) is 24.4 Å². The molecular weight excluding hydrogens is 462 g/mol. The summed E-state index contributed by atoms with van der Waals surface area (Å²) < 4.78 is 29.6. The predicted molar refractivity (Wildman–Crippen MR) is 133 cm³/mol. The maximum Gasteiger partial charge on any atom is 0.243 e. The van der Waals surface area contributed by atoms with E-state index in [9.17, 15) is 13.2 Å². The molecule has 2 heterocycles. The first kappa shape index (κ1) is 23.2. The van der Waals surface area contributed by atoms with Crippen LogP contribution in [0.15, 0.2) is 84.3 Å². The summed E-state index contributed by atoms with van der Waals surface area (Å²) in [6, 6.07) is 20.5. The number of piperidine rings is 1. The minimum Gasteiger partial charge on any atom is -0.349 e. The lowest BCUT2D eigenvalue weighted by Crippen LogP contribution is -2.43. The third kappa shape index (κ3) is 4.82. The zero-order valence-corrected chi connectivity index (χ0v) is 20.2. The fourth-order valence-electron chi connectivity index (χ4n) is 4.51. The number of sulfonamides is 1. The summed E-state index contributed by atoms with van der Waals surface area (Å²) in [5.74, 6) is -0.254. The summed E-state index contributed by atoms with van der Waals surface area (Å²) in [5, 5.41) is 9.10. The molecule has 0 radical (unpaired) electrons. The monoisotopic (exact) mass is 489 g/mol. The van der Waals surface area contributed by atoms with Crippen molar-refractivity contribution in [3.05, 3.63) is 84.9 Å². The Labute approximate surface area is 204 Å². The van der Waals surface area contributed by atoms with Crippen LogP contribution in [0.2, 0.25) is 0 Å². The first-order valence-electron chi connectivity index (χ1n) is 11.7. The van der Waals surface area contributed by atoms with E-state index in [1.54, 1.807) is 23.1 Å². The van der Waals surface area contributed by atoms with Gasteiger partial charge in [-0.2, -0.15) is 9.40 Å². The number of benzene rings is 3. The van der Waals surface area contributed by atoms with Crippen LogP contribution in [0.4, 0.5) is 0 Å². The summed E-state index contributed by atoms with van der Waals surface area (Å²) in [5.41, 5.74) is 1.88. The third-order valence-electron chi connectivity index (χ3n) is 6.62. The maximum atomic E-state index is 13.2. The van der Waals surface area contributed by atoms with E-state index in [2.05, 4.69) is 15.4 Å². The molecule has 180 valence electrons. The van der Waals surface area contributed by atoms with Gasteiger partial charge in [-0.05, 0) is 60.4 Å². The van der Waals surface area contributed by atoms with Crippen LogP contribution < -0.4 is 5.32 Å². The predicted octanol–water partition coefficient (Wildman–Crippen LogP) is 3.70. The number of amides is 1. The maximum absolute atomic E-state index is 13.2. The lowest BCUT2D eigenvalue weighted by atomic mass is 9.96. The molecular formula is C26H27N5O3S. The molecule has 5 rings (SSSR count). The highest BCUT2D eigenvalue weighted by molar-refractivity contribution is 7.89. The normalized spacial score (nSPS) is 16.3. The first-order valence-corrected chi connectivity index (χ1v) is 13.1. The molecule has 4 aromatic rings. The summed E-state index contributed by atoms with van der Waals surface area (Å²) >= 11 is 0. The van der Waals surface area contributed by atoms with E-state index in [4.69, 9.17) is 0 Å². The van der Waals surface area contributed by atoms with E-state index in [0.717, 1.165) is 22.0 Å². The van der Waals surface area contributed by atoms with Crippen LogP contribution >= 0.6 is 0 Å². The highest BCUT2D eigenvalue weighted by Crippen LogP contribution is 2.27. The molecule has 0 spiro atoms. The molecule has 1 aromatic heterocycles. The number of rotatable bonds is 6. The van der Waals surface area contributed by atoms with Gasteiger partial charge in [-0.1, -0.05) is 42.5 Å². The number of aromatic nitrogens is 3. The Bertz CT molecular complexity index is 1430. The highest BCUT2D eigenvalue weighted by Gasteiger charge is 2.32. The molecule has 9 heteroatoms. The molecule has 8 nitrogen and oxygen atoms in total. The quantitative estimate of drug-likeness (QED) is 0.445. The van der Waals surface area contributed by atoms with E-state index >= 15 is 0 Å². The van der Waals surface area contributed by atoms with Crippen LogP contribution in [0, 0.1) is 5.92 Å². The molecule has 1 saturated heterocycles. The van der Waals surface area contributed by atoms with E-state index < -0.39 is 10.0 Å². The van der Waals surface area contributed by atoms with Crippen molar-refractivity contribution in [3.8, 4) is 5.69 Å². The molecule has 0 unspecified atom stereocenters. The van der Waals surface area contributed by atoms with Gasteiger partial charge < -0.3 is 5.32 Å². The second-order valence-corrected chi connectivity index (χ2v) is 10.8. The molecule has 1 atom stereocenters. The van der Waals surface area contributed by atoms with Gasteiger partial charge in [0.05, 0.1) is 16.6 Å². The number of hydrogen-bond acceptors (Lipinski definition) is 5. The van der Waals surface area contributed by atoms with Crippen molar-refractivity contribution < 1.29 is 13.2 Å². The largest absolute Gasteiger partial charge is 0.349 e. The van der Waals surface area contributed by atoms with E-state index in [1.165, 1.54) is 10.6 Å². The Morgan fingerprint density at radius 2 is 1.71 bits per heavy atom. The van der Waals surface area contributed by atoms with Gasteiger partial charge in [-0.3, -0.25) is 4.79 Å². The van der Waals surface area contributed by atoms with Gasteiger partial charge in [-0.25, -0.2) is 18.1 Å². The topological polar surface area (TPSA) is 97.2 Å². The SMILES string of the molecule is C[C@@H](NC(=O)C1CCN(S(=O)(=O)c2ccc3ccccc3c2)CC1)c1ccc(-n2cncn2)cc1. The molecule has 1 aliphatic heterocycles. The van der Waals surface area contributed by atoms with Gasteiger partial charge in [0.25, 0.3) is 0 Å².